The molecule has 0 fully saturated rings. The molecular weight excluding hydrogens is 352 g/mol. The van der Waals surface area contributed by atoms with Crippen LogP contribution in [0.2, 0.25) is 0 Å². The van der Waals surface area contributed by atoms with Crippen molar-refractivity contribution in [1.82, 2.24) is 24.8 Å². The fourth-order valence-corrected chi connectivity index (χ4v) is 3.55. The number of nitrogens with zero attached hydrogens (tertiary/aromatic N) is 5. The van der Waals surface area contributed by atoms with Gasteiger partial charge in [-0.2, -0.15) is 10.2 Å². The number of hydrazone groups is 1. The minimum atomic E-state index is -0.427. The van der Waals surface area contributed by atoms with Crippen LogP contribution in [0.1, 0.15) is 11.4 Å². The molecule has 0 saturated heterocycles. The summed E-state index contributed by atoms with van der Waals surface area (Å²) in [5, 5.41) is 8.15. The number of benzene rings is 1. The number of fused-ring (bicyclic) bond motifs is 3. The number of para-hydroxylation sites is 1. The normalized spacial score (nSPS) is 12.6. The lowest BCUT2D eigenvalue weighted by atomic mass is 10.3. The summed E-state index contributed by atoms with van der Waals surface area (Å²) in [7, 11) is 0. The molecule has 0 spiro atoms. The van der Waals surface area contributed by atoms with Crippen molar-refractivity contribution in [1.29, 1.82) is 0 Å². The number of nitrogens with one attached hydrogen (secondary N) is 1. The minimum Gasteiger partial charge on any atom is -0.271 e. The van der Waals surface area contributed by atoms with Crippen LogP contribution in [0.4, 0.5) is 0 Å². The molecule has 0 atom stereocenters. The van der Waals surface area contributed by atoms with Gasteiger partial charge in [-0.1, -0.05) is 18.2 Å². The number of carbonyl (C=O) groups excluding carboxylic acids is 1. The van der Waals surface area contributed by atoms with Crippen molar-refractivity contribution in [2.75, 3.05) is 0 Å². The standard InChI is InChI=1S/C17H14N6O2S/c24-16(20-19-9-12-4-3-7-18-8-12)10-22-17(25)23-13-5-1-2-6-14(13)26-11-15(23)21-22/h1-9H,10-11H2,(H,20,24)/b19-9-. The first kappa shape index (κ1) is 16.3. The maximum atomic E-state index is 12.6. The van der Waals surface area contributed by atoms with Crippen LogP contribution >= 0.6 is 11.8 Å². The molecule has 0 unspecified atom stereocenters. The molecule has 4 rings (SSSR count). The van der Waals surface area contributed by atoms with Crippen molar-refractivity contribution in [2.24, 2.45) is 5.10 Å². The lowest BCUT2D eigenvalue weighted by molar-refractivity contribution is -0.121. The van der Waals surface area contributed by atoms with Gasteiger partial charge in [-0.05, 0) is 18.2 Å². The summed E-state index contributed by atoms with van der Waals surface area (Å²) in [5.41, 5.74) is 3.62. The molecule has 3 aromatic rings. The Morgan fingerprint density at radius 3 is 3.04 bits per heavy atom. The first-order chi connectivity index (χ1) is 12.7. The van der Waals surface area contributed by atoms with Crippen molar-refractivity contribution in [3.05, 3.63) is 70.7 Å². The quantitative estimate of drug-likeness (QED) is 0.553. The van der Waals surface area contributed by atoms with Crippen molar-refractivity contribution >= 4 is 23.9 Å². The third-order valence-electron chi connectivity index (χ3n) is 3.75. The van der Waals surface area contributed by atoms with E-state index in [0.29, 0.717) is 11.6 Å². The van der Waals surface area contributed by atoms with Crippen LogP contribution in [0.5, 0.6) is 0 Å². The first-order valence-corrected chi connectivity index (χ1v) is 8.84. The summed E-state index contributed by atoms with van der Waals surface area (Å²) in [6, 6.07) is 11.2. The van der Waals surface area contributed by atoms with E-state index in [9.17, 15) is 9.59 Å². The Morgan fingerprint density at radius 1 is 1.31 bits per heavy atom. The van der Waals surface area contributed by atoms with E-state index in [0.717, 1.165) is 20.8 Å². The predicted octanol–water partition coefficient (Wildman–Crippen LogP) is 1.18. The SMILES string of the molecule is O=C(Cn1nc2n(c1=O)-c1ccccc1SC2)N/N=C\c1cccnc1. The molecule has 0 bridgehead atoms. The van der Waals surface area contributed by atoms with Gasteiger partial charge in [0, 0.05) is 22.9 Å². The highest BCUT2D eigenvalue weighted by Gasteiger charge is 2.22. The van der Waals surface area contributed by atoms with E-state index >= 15 is 0 Å². The van der Waals surface area contributed by atoms with Gasteiger partial charge in [-0.3, -0.25) is 9.78 Å². The number of aromatic nitrogens is 4. The second kappa shape index (κ2) is 6.96. The molecule has 1 aliphatic rings. The number of carbonyl (C=O) groups is 1. The lowest BCUT2D eigenvalue weighted by Gasteiger charge is -2.15. The summed E-state index contributed by atoms with van der Waals surface area (Å²) in [4.78, 5) is 29.7. The summed E-state index contributed by atoms with van der Waals surface area (Å²) in [6.45, 7) is -0.198. The Balaban J connectivity index is 1.50. The highest BCUT2D eigenvalue weighted by Crippen LogP contribution is 2.32. The van der Waals surface area contributed by atoms with Gasteiger partial charge in [0.1, 0.15) is 12.4 Å². The Kier molecular flexibility index (Phi) is 4.36. The number of hydrogen-bond donors (Lipinski definition) is 1. The third kappa shape index (κ3) is 3.16. The van der Waals surface area contributed by atoms with Gasteiger partial charge in [-0.25, -0.2) is 19.5 Å². The third-order valence-corrected chi connectivity index (χ3v) is 4.81. The Bertz CT molecular complexity index is 1040. The molecular formula is C17H14N6O2S. The average Bonchev–Trinajstić information content (AvgIpc) is 2.98. The van der Waals surface area contributed by atoms with E-state index in [2.05, 4.69) is 20.6 Å². The van der Waals surface area contributed by atoms with Gasteiger partial charge >= 0.3 is 5.69 Å². The van der Waals surface area contributed by atoms with Gasteiger partial charge < -0.3 is 0 Å². The highest BCUT2D eigenvalue weighted by molar-refractivity contribution is 7.98. The second-order valence-corrected chi connectivity index (χ2v) is 6.54. The average molecular weight is 366 g/mol. The number of thioether (sulfide) groups is 1. The molecule has 1 aromatic carbocycles. The number of rotatable bonds is 4. The van der Waals surface area contributed by atoms with E-state index in [4.69, 9.17) is 0 Å². The molecule has 3 heterocycles. The molecule has 8 nitrogen and oxygen atoms in total. The maximum Gasteiger partial charge on any atom is 0.351 e. The topological polar surface area (TPSA) is 94.2 Å². The maximum absolute atomic E-state index is 12.6. The van der Waals surface area contributed by atoms with Crippen LogP contribution in [0.3, 0.4) is 0 Å². The Morgan fingerprint density at radius 2 is 2.19 bits per heavy atom. The van der Waals surface area contributed by atoms with Crippen molar-refractivity contribution in [2.45, 2.75) is 17.2 Å². The van der Waals surface area contributed by atoms with Crippen molar-refractivity contribution in [3.63, 3.8) is 0 Å². The zero-order valence-electron chi connectivity index (χ0n) is 13.6. The zero-order chi connectivity index (χ0) is 17.9. The second-order valence-electron chi connectivity index (χ2n) is 5.53. The molecule has 0 radical (unpaired) electrons. The largest absolute Gasteiger partial charge is 0.351 e. The summed E-state index contributed by atoms with van der Waals surface area (Å²) < 4.78 is 2.71. The first-order valence-electron chi connectivity index (χ1n) is 7.85. The van der Waals surface area contributed by atoms with Gasteiger partial charge in [0.05, 0.1) is 17.7 Å². The molecule has 2 aromatic heterocycles. The molecule has 9 heteroatoms. The van der Waals surface area contributed by atoms with Gasteiger partial charge in [0.15, 0.2) is 0 Å². The molecule has 0 aliphatic carbocycles. The monoisotopic (exact) mass is 366 g/mol. The molecule has 1 aliphatic heterocycles. The predicted molar refractivity (Wildman–Crippen MR) is 97.4 cm³/mol. The van der Waals surface area contributed by atoms with Crippen LogP contribution in [0, 0.1) is 0 Å². The smallest absolute Gasteiger partial charge is 0.271 e. The zero-order valence-corrected chi connectivity index (χ0v) is 14.4. The van der Waals surface area contributed by atoms with Crippen molar-refractivity contribution in [3.8, 4) is 5.69 Å². The number of pyridine rings is 1. The van der Waals surface area contributed by atoms with Crippen LogP contribution in [-0.2, 0) is 17.1 Å². The molecule has 0 saturated carbocycles. The molecule has 130 valence electrons. The van der Waals surface area contributed by atoms with Gasteiger partial charge in [-0.15, -0.1) is 11.8 Å². The van der Waals surface area contributed by atoms with Crippen LogP contribution in [0.15, 0.2) is 63.6 Å². The van der Waals surface area contributed by atoms with E-state index in [1.807, 2.05) is 30.3 Å². The van der Waals surface area contributed by atoms with Crippen LogP contribution < -0.4 is 11.1 Å². The van der Waals surface area contributed by atoms with Gasteiger partial charge in [0.25, 0.3) is 5.91 Å². The Labute approximate surface area is 152 Å². The van der Waals surface area contributed by atoms with E-state index in [1.54, 1.807) is 34.8 Å². The molecule has 1 N–H and O–H groups in total. The number of amides is 1. The summed E-state index contributed by atoms with van der Waals surface area (Å²) in [5.74, 6) is 0.786. The fourth-order valence-electron chi connectivity index (χ4n) is 2.60. The van der Waals surface area contributed by atoms with Gasteiger partial charge in [0.2, 0.25) is 0 Å². The van der Waals surface area contributed by atoms with Crippen LogP contribution in [0.25, 0.3) is 5.69 Å². The highest BCUT2D eigenvalue weighted by atomic mass is 32.2. The van der Waals surface area contributed by atoms with E-state index in [1.165, 1.54) is 6.21 Å². The van der Waals surface area contributed by atoms with Crippen molar-refractivity contribution < 1.29 is 4.79 Å². The fraction of sp³-hybridized carbons (Fsp3) is 0.118. The lowest BCUT2D eigenvalue weighted by Crippen LogP contribution is -2.31. The summed E-state index contributed by atoms with van der Waals surface area (Å²) >= 11 is 1.62. The van der Waals surface area contributed by atoms with E-state index in [-0.39, 0.29) is 12.2 Å². The van der Waals surface area contributed by atoms with Crippen LogP contribution in [-0.4, -0.2) is 31.5 Å². The van der Waals surface area contributed by atoms with E-state index < -0.39 is 5.91 Å². The summed E-state index contributed by atoms with van der Waals surface area (Å²) in [6.07, 6.45) is 4.76. The number of hydrogen-bond acceptors (Lipinski definition) is 6. The molecule has 1 amide bonds. The minimum absolute atomic E-state index is 0.198. The molecule has 26 heavy (non-hydrogen) atoms. The Hall–Kier alpha value is -3.20.